The fourth-order valence-electron chi connectivity index (χ4n) is 5.06. The number of nitrogens with one attached hydrogen (secondary N) is 1. The minimum Gasteiger partial charge on any atom is -0.493 e. The van der Waals surface area contributed by atoms with Crippen molar-refractivity contribution in [2.75, 3.05) is 7.11 Å². The maximum absolute atomic E-state index is 13.1. The van der Waals surface area contributed by atoms with Crippen LogP contribution in [0.3, 0.4) is 0 Å². The van der Waals surface area contributed by atoms with E-state index in [0.717, 1.165) is 37.1 Å². The molecular weight excluding hydrogens is 570 g/mol. The Bertz CT molecular complexity index is 1400. The highest BCUT2D eigenvalue weighted by Gasteiger charge is 2.40. The molecule has 188 valence electrons. The van der Waals surface area contributed by atoms with Crippen molar-refractivity contribution in [1.82, 2.24) is 5.32 Å². The number of hydrogen-bond donors (Lipinski definition) is 1. The van der Waals surface area contributed by atoms with Gasteiger partial charge in [-0.15, -0.1) is 0 Å². The summed E-state index contributed by atoms with van der Waals surface area (Å²) < 4.78 is 37.2. The Morgan fingerprint density at radius 1 is 0.944 bits per heavy atom. The first-order valence-electron chi connectivity index (χ1n) is 11.6. The van der Waals surface area contributed by atoms with Crippen molar-refractivity contribution in [3.63, 3.8) is 0 Å². The largest absolute Gasteiger partial charge is 0.493 e. The van der Waals surface area contributed by atoms with E-state index in [0.29, 0.717) is 39.0 Å². The zero-order valence-electron chi connectivity index (χ0n) is 19.4. The van der Waals surface area contributed by atoms with Crippen molar-refractivity contribution < 1.29 is 26.9 Å². The van der Waals surface area contributed by atoms with Crippen molar-refractivity contribution in [2.45, 2.75) is 49.3 Å². The van der Waals surface area contributed by atoms with E-state index in [9.17, 15) is 18.0 Å². The summed E-state index contributed by atoms with van der Waals surface area (Å²) in [5, 5.41) is 3.79. The monoisotopic (exact) mass is 591 g/mol. The predicted molar refractivity (Wildman–Crippen MR) is 138 cm³/mol. The molecule has 0 unspecified atom stereocenters. The summed E-state index contributed by atoms with van der Waals surface area (Å²) in [7, 11) is -2.78. The van der Waals surface area contributed by atoms with Crippen molar-refractivity contribution in [3.05, 3.63) is 74.0 Å². The van der Waals surface area contributed by atoms with E-state index in [1.54, 1.807) is 12.1 Å². The molecule has 1 aliphatic heterocycles. The van der Waals surface area contributed by atoms with Crippen LogP contribution in [0.25, 0.3) is 0 Å². The molecule has 0 atom stereocenters. The van der Waals surface area contributed by atoms with Gasteiger partial charge in [0.2, 0.25) is 0 Å². The summed E-state index contributed by atoms with van der Waals surface area (Å²) in [4.78, 5) is 26.1. The van der Waals surface area contributed by atoms with Crippen molar-refractivity contribution in [2.24, 2.45) is 0 Å². The molecule has 0 saturated heterocycles. The van der Waals surface area contributed by atoms with Gasteiger partial charge in [0.05, 0.1) is 11.6 Å². The van der Waals surface area contributed by atoms with E-state index >= 15 is 0 Å². The third-order valence-corrected chi connectivity index (χ3v) is 8.75. The third kappa shape index (κ3) is 4.48. The van der Waals surface area contributed by atoms with Gasteiger partial charge in [0, 0.05) is 46.3 Å². The van der Waals surface area contributed by atoms with Gasteiger partial charge in [-0.1, -0.05) is 11.6 Å². The molecule has 1 heterocycles. The number of hydrogen-bond acceptors (Lipinski definition) is 7. The standard InChI is InChI=1S/C26H23BrClNO6S/c1-34-22-13-14(12-17(27)26(22)35-36(32,33)16-10-8-15(28)9-11-16)23-24-18(4-2-6-20(24)30)29-19-5-3-7-21(31)25(19)23/h8-13,23,29H,2-7H2,1H3. The van der Waals surface area contributed by atoms with Crippen LogP contribution in [-0.2, 0) is 19.7 Å². The lowest BCUT2D eigenvalue weighted by Crippen LogP contribution is -2.36. The van der Waals surface area contributed by atoms with Crippen LogP contribution in [0.2, 0.25) is 5.02 Å². The molecule has 2 aromatic rings. The van der Waals surface area contributed by atoms with Crippen LogP contribution in [0.5, 0.6) is 11.5 Å². The number of dihydropyridines is 1. The summed E-state index contributed by atoms with van der Waals surface area (Å²) in [6.07, 6.45) is 3.84. The van der Waals surface area contributed by atoms with Crippen LogP contribution < -0.4 is 14.2 Å². The van der Waals surface area contributed by atoms with Gasteiger partial charge in [-0.05, 0) is 83.6 Å². The molecule has 0 saturated carbocycles. The van der Waals surface area contributed by atoms with Gasteiger partial charge in [0.1, 0.15) is 4.90 Å². The summed E-state index contributed by atoms with van der Waals surface area (Å²) in [5.74, 6) is -0.396. The summed E-state index contributed by atoms with van der Waals surface area (Å²) in [6, 6.07) is 8.98. The molecule has 2 aromatic carbocycles. The van der Waals surface area contributed by atoms with Gasteiger partial charge >= 0.3 is 10.1 Å². The molecule has 0 amide bonds. The fraction of sp³-hybridized carbons (Fsp3) is 0.308. The molecule has 10 heteroatoms. The van der Waals surface area contributed by atoms with Crippen LogP contribution in [0.1, 0.15) is 50.0 Å². The number of methoxy groups -OCH3 is 1. The lowest BCUT2D eigenvalue weighted by Gasteiger charge is -2.37. The van der Waals surface area contributed by atoms with E-state index in [2.05, 4.69) is 21.2 Å². The number of halogens is 2. The second-order valence-electron chi connectivity index (χ2n) is 8.92. The molecule has 3 aliphatic rings. The van der Waals surface area contributed by atoms with Crippen molar-refractivity contribution in [3.8, 4) is 11.5 Å². The molecule has 0 spiro atoms. The molecule has 5 rings (SSSR count). The summed E-state index contributed by atoms with van der Waals surface area (Å²) in [6.45, 7) is 0. The van der Waals surface area contributed by atoms with Gasteiger partial charge in [-0.2, -0.15) is 8.42 Å². The third-order valence-electron chi connectivity index (χ3n) is 6.67. The lowest BCUT2D eigenvalue weighted by molar-refractivity contribution is -0.117. The quantitative estimate of drug-likeness (QED) is 0.453. The Labute approximate surface area is 222 Å². The van der Waals surface area contributed by atoms with E-state index in [-0.39, 0.29) is 28.0 Å². The Kier molecular flexibility index (Phi) is 6.74. The number of ether oxygens (including phenoxy) is 1. The first-order valence-corrected chi connectivity index (χ1v) is 14.1. The SMILES string of the molecule is COc1cc(C2C3=C(CCCC3=O)NC3=C2C(=O)CCC3)cc(Br)c1OS(=O)(=O)c1ccc(Cl)cc1. The van der Waals surface area contributed by atoms with E-state index in [1.807, 2.05) is 0 Å². The molecule has 0 aromatic heterocycles. The first kappa shape index (κ1) is 25.0. The minimum absolute atomic E-state index is 0.0133. The Morgan fingerprint density at radius 3 is 2.08 bits per heavy atom. The number of Topliss-reactive ketones (excluding diaryl/α,β-unsaturated/α-hetero) is 2. The number of ketones is 2. The fourth-order valence-corrected chi connectivity index (χ4v) is 6.79. The van der Waals surface area contributed by atoms with Crippen LogP contribution >= 0.6 is 27.5 Å². The molecule has 0 bridgehead atoms. The number of allylic oxidation sites excluding steroid dienone is 4. The molecular formula is C26H23BrClNO6S. The van der Waals surface area contributed by atoms with Gasteiger partial charge in [-0.25, -0.2) is 0 Å². The smallest absolute Gasteiger partial charge is 0.339 e. The molecule has 0 radical (unpaired) electrons. The molecule has 0 fully saturated rings. The lowest BCUT2D eigenvalue weighted by atomic mass is 9.71. The minimum atomic E-state index is -4.18. The average Bonchev–Trinajstić information content (AvgIpc) is 2.84. The number of carbonyl (C=O) groups excluding carboxylic acids is 2. The van der Waals surface area contributed by atoms with Gasteiger partial charge in [0.15, 0.2) is 23.1 Å². The van der Waals surface area contributed by atoms with E-state index in [1.165, 1.54) is 31.4 Å². The number of benzene rings is 2. The number of rotatable bonds is 5. The highest BCUT2D eigenvalue weighted by Crippen LogP contribution is 2.48. The summed E-state index contributed by atoms with van der Waals surface area (Å²) in [5.41, 5.74) is 3.59. The predicted octanol–water partition coefficient (Wildman–Crippen LogP) is 5.58. The van der Waals surface area contributed by atoms with Crippen LogP contribution in [-0.4, -0.2) is 27.1 Å². The first-order chi connectivity index (χ1) is 17.2. The molecule has 7 nitrogen and oxygen atoms in total. The Hall–Kier alpha value is -2.62. The maximum atomic E-state index is 13.1. The zero-order chi connectivity index (χ0) is 25.6. The van der Waals surface area contributed by atoms with E-state index in [4.69, 9.17) is 20.5 Å². The number of carbonyl (C=O) groups is 2. The van der Waals surface area contributed by atoms with Crippen LogP contribution in [0.4, 0.5) is 0 Å². The zero-order valence-corrected chi connectivity index (χ0v) is 22.6. The molecule has 1 N–H and O–H groups in total. The molecule has 36 heavy (non-hydrogen) atoms. The van der Waals surface area contributed by atoms with Gasteiger partial charge in [0.25, 0.3) is 0 Å². The normalized spacial score (nSPS) is 18.5. The van der Waals surface area contributed by atoms with Crippen molar-refractivity contribution >= 4 is 49.2 Å². The highest BCUT2D eigenvalue weighted by atomic mass is 79.9. The van der Waals surface area contributed by atoms with Gasteiger partial charge < -0.3 is 14.2 Å². The van der Waals surface area contributed by atoms with E-state index < -0.39 is 16.0 Å². The topological polar surface area (TPSA) is 98.8 Å². The van der Waals surface area contributed by atoms with Gasteiger partial charge in [-0.3, -0.25) is 9.59 Å². The highest BCUT2D eigenvalue weighted by molar-refractivity contribution is 9.10. The Balaban J connectivity index is 1.61. The molecule has 2 aliphatic carbocycles. The average molecular weight is 593 g/mol. The van der Waals surface area contributed by atoms with Crippen molar-refractivity contribution in [1.29, 1.82) is 0 Å². The van der Waals surface area contributed by atoms with Crippen LogP contribution in [0, 0.1) is 0 Å². The second kappa shape index (κ2) is 9.68. The summed E-state index contributed by atoms with van der Waals surface area (Å²) >= 11 is 9.32. The maximum Gasteiger partial charge on any atom is 0.339 e. The Morgan fingerprint density at radius 2 is 1.53 bits per heavy atom. The second-order valence-corrected chi connectivity index (χ2v) is 11.8. The van der Waals surface area contributed by atoms with Crippen LogP contribution in [0.15, 0.2) is 68.3 Å².